The molecule has 0 radical (unpaired) electrons. The third-order valence-electron chi connectivity index (χ3n) is 1.98. The van der Waals surface area contributed by atoms with Gasteiger partial charge in [-0.05, 0) is 18.2 Å². The molecule has 0 atom stereocenters. The van der Waals surface area contributed by atoms with Crippen LogP contribution in [0.25, 0.3) is 11.3 Å². The lowest BCUT2D eigenvalue weighted by Gasteiger charge is -2.02. The summed E-state index contributed by atoms with van der Waals surface area (Å²) < 4.78 is 13.0. The lowest BCUT2D eigenvalue weighted by atomic mass is 10.1. The van der Waals surface area contributed by atoms with Crippen molar-refractivity contribution in [1.29, 1.82) is 0 Å². The Bertz CT molecular complexity index is 646. The average molecular weight is 222 g/mol. The maximum atomic E-state index is 13.0. The molecule has 0 amide bonds. The van der Waals surface area contributed by atoms with Crippen LogP contribution >= 0.6 is 0 Å². The van der Waals surface area contributed by atoms with Crippen molar-refractivity contribution >= 4 is 5.69 Å². The SMILES string of the molecule is Nc1ccc(F)cc1-c1n[nH]c(=O)[nH]c1=O. The minimum Gasteiger partial charge on any atom is -0.398 e. The number of hydrogen-bond acceptors (Lipinski definition) is 4. The Balaban J connectivity index is 2.72. The van der Waals surface area contributed by atoms with Gasteiger partial charge in [0.1, 0.15) is 5.82 Å². The molecular formula is C9H7FN4O2. The normalized spacial score (nSPS) is 10.3. The molecule has 82 valence electrons. The van der Waals surface area contributed by atoms with E-state index in [0.29, 0.717) is 0 Å². The first-order valence-corrected chi connectivity index (χ1v) is 4.32. The number of H-pyrrole nitrogens is 2. The highest BCUT2D eigenvalue weighted by atomic mass is 19.1. The maximum absolute atomic E-state index is 13.0. The van der Waals surface area contributed by atoms with E-state index in [2.05, 4.69) is 5.10 Å². The average Bonchev–Trinajstić information content (AvgIpc) is 2.22. The maximum Gasteiger partial charge on any atom is 0.342 e. The van der Waals surface area contributed by atoms with Crippen molar-refractivity contribution in [3.63, 3.8) is 0 Å². The summed E-state index contributed by atoms with van der Waals surface area (Å²) >= 11 is 0. The smallest absolute Gasteiger partial charge is 0.342 e. The Hall–Kier alpha value is -2.44. The van der Waals surface area contributed by atoms with E-state index in [1.54, 1.807) is 0 Å². The monoisotopic (exact) mass is 222 g/mol. The molecule has 0 bridgehead atoms. The quantitative estimate of drug-likeness (QED) is 0.583. The van der Waals surface area contributed by atoms with Crippen LogP contribution in [-0.2, 0) is 0 Å². The molecule has 0 aliphatic carbocycles. The van der Waals surface area contributed by atoms with E-state index in [9.17, 15) is 14.0 Å². The summed E-state index contributed by atoms with van der Waals surface area (Å²) in [6, 6.07) is 3.56. The van der Waals surface area contributed by atoms with Gasteiger partial charge in [0.15, 0.2) is 5.69 Å². The van der Waals surface area contributed by atoms with Crippen LogP contribution in [0.2, 0.25) is 0 Å². The number of aromatic amines is 2. The Morgan fingerprint density at radius 1 is 1.31 bits per heavy atom. The second-order valence-corrected chi connectivity index (χ2v) is 3.09. The molecule has 1 aromatic heterocycles. The van der Waals surface area contributed by atoms with E-state index in [-0.39, 0.29) is 16.9 Å². The molecule has 2 rings (SSSR count). The fourth-order valence-corrected chi connectivity index (χ4v) is 1.26. The van der Waals surface area contributed by atoms with Gasteiger partial charge in [-0.3, -0.25) is 9.78 Å². The number of nitrogens with one attached hydrogen (secondary N) is 2. The van der Waals surface area contributed by atoms with Gasteiger partial charge in [0.25, 0.3) is 5.56 Å². The molecule has 0 fully saturated rings. The molecule has 2 aromatic rings. The van der Waals surface area contributed by atoms with Crippen LogP contribution in [0.15, 0.2) is 27.8 Å². The Morgan fingerprint density at radius 2 is 2.06 bits per heavy atom. The van der Waals surface area contributed by atoms with Crippen molar-refractivity contribution in [2.75, 3.05) is 5.73 Å². The molecule has 0 aliphatic heterocycles. The molecule has 0 saturated carbocycles. The van der Waals surface area contributed by atoms with Gasteiger partial charge in [0.05, 0.1) is 0 Å². The predicted octanol–water partition coefficient (Wildman–Crippen LogP) is -0.154. The number of benzene rings is 1. The molecule has 7 heteroatoms. The number of rotatable bonds is 1. The van der Waals surface area contributed by atoms with Crippen molar-refractivity contribution in [1.82, 2.24) is 15.2 Å². The zero-order valence-corrected chi connectivity index (χ0v) is 7.95. The molecular weight excluding hydrogens is 215 g/mol. The van der Waals surface area contributed by atoms with Gasteiger partial charge < -0.3 is 5.73 Å². The molecule has 16 heavy (non-hydrogen) atoms. The fraction of sp³-hybridized carbons (Fsp3) is 0. The van der Waals surface area contributed by atoms with Crippen LogP contribution in [0.1, 0.15) is 0 Å². The second-order valence-electron chi connectivity index (χ2n) is 3.09. The summed E-state index contributed by atoms with van der Waals surface area (Å²) in [7, 11) is 0. The van der Waals surface area contributed by atoms with E-state index in [4.69, 9.17) is 5.73 Å². The highest BCUT2D eigenvalue weighted by Gasteiger charge is 2.10. The third kappa shape index (κ3) is 1.70. The van der Waals surface area contributed by atoms with Crippen LogP contribution in [0.3, 0.4) is 0 Å². The minimum atomic E-state index is -0.733. The van der Waals surface area contributed by atoms with Crippen LogP contribution in [-0.4, -0.2) is 15.2 Å². The Kier molecular flexibility index (Phi) is 2.28. The van der Waals surface area contributed by atoms with Gasteiger partial charge in [-0.1, -0.05) is 0 Å². The van der Waals surface area contributed by atoms with Gasteiger partial charge in [-0.15, -0.1) is 0 Å². The Morgan fingerprint density at radius 3 is 2.75 bits per heavy atom. The standard InChI is InChI=1S/C9H7FN4O2/c10-4-1-2-6(11)5(3-4)7-8(15)12-9(16)14-13-7/h1-3H,11H2,(H2,12,14,15,16). The molecule has 1 heterocycles. The number of anilines is 1. The van der Waals surface area contributed by atoms with Crippen molar-refractivity contribution < 1.29 is 4.39 Å². The van der Waals surface area contributed by atoms with E-state index in [1.807, 2.05) is 10.1 Å². The molecule has 4 N–H and O–H groups in total. The van der Waals surface area contributed by atoms with Crippen molar-refractivity contribution in [3.8, 4) is 11.3 Å². The minimum absolute atomic E-state index is 0.128. The molecule has 0 aliphatic rings. The summed E-state index contributed by atoms with van der Waals surface area (Å²) in [4.78, 5) is 24.1. The second kappa shape index (κ2) is 3.61. The summed E-state index contributed by atoms with van der Waals surface area (Å²) in [6.07, 6.45) is 0. The number of nitrogen functional groups attached to an aromatic ring is 1. The molecule has 6 nitrogen and oxygen atoms in total. The number of nitrogens with zero attached hydrogens (tertiary/aromatic N) is 1. The molecule has 0 saturated heterocycles. The van der Waals surface area contributed by atoms with E-state index in [0.717, 1.165) is 6.07 Å². The number of hydrogen-bond donors (Lipinski definition) is 3. The largest absolute Gasteiger partial charge is 0.398 e. The summed E-state index contributed by atoms with van der Waals surface area (Å²) in [6.45, 7) is 0. The number of halogens is 1. The first-order valence-electron chi connectivity index (χ1n) is 4.32. The van der Waals surface area contributed by atoms with Crippen LogP contribution in [0.4, 0.5) is 10.1 Å². The summed E-state index contributed by atoms with van der Waals surface area (Å²) in [5.41, 5.74) is 4.33. The molecule has 0 spiro atoms. The number of aromatic nitrogens is 3. The first-order chi connectivity index (χ1) is 7.58. The Labute approximate surface area is 87.9 Å². The van der Waals surface area contributed by atoms with E-state index >= 15 is 0 Å². The predicted molar refractivity (Wildman–Crippen MR) is 55.3 cm³/mol. The van der Waals surface area contributed by atoms with Crippen LogP contribution < -0.4 is 17.0 Å². The van der Waals surface area contributed by atoms with Crippen molar-refractivity contribution in [2.24, 2.45) is 0 Å². The van der Waals surface area contributed by atoms with Crippen molar-refractivity contribution in [2.45, 2.75) is 0 Å². The fourth-order valence-electron chi connectivity index (χ4n) is 1.26. The summed E-state index contributed by atoms with van der Waals surface area (Å²) in [5.74, 6) is -0.545. The topological polar surface area (TPSA) is 105 Å². The van der Waals surface area contributed by atoms with Gasteiger partial charge >= 0.3 is 5.69 Å². The zero-order valence-electron chi connectivity index (χ0n) is 7.95. The lowest BCUT2D eigenvalue weighted by Crippen LogP contribution is -2.25. The molecule has 1 aromatic carbocycles. The lowest BCUT2D eigenvalue weighted by molar-refractivity contribution is 0.628. The summed E-state index contributed by atoms with van der Waals surface area (Å²) in [5, 5.41) is 5.57. The van der Waals surface area contributed by atoms with Crippen LogP contribution in [0.5, 0.6) is 0 Å². The van der Waals surface area contributed by atoms with Gasteiger partial charge in [0.2, 0.25) is 0 Å². The van der Waals surface area contributed by atoms with E-state index in [1.165, 1.54) is 12.1 Å². The van der Waals surface area contributed by atoms with Crippen molar-refractivity contribution in [3.05, 3.63) is 44.9 Å². The van der Waals surface area contributed by atoms with Gasteiger partial charge in [-0.2, -0.15) is 5.10 Å². The third-order valence-corrected chi connectivity index (χ3v) is 1.98. The van der Waals surface area contributed by atoms with Gasteiger partial charge in [0, 0.05) is 11.3 Å². The zero-order chi connectivity index (χ0) is 11.7. The first kappa shape index (κ1) is 10.1. The molecule has 0 unspecified atom stereocenters. The highest BCUT2D eigenvalue weighted by Crippen LogP contribution is 2.21. The van der Waals surface area contributed by atoms with Crippen LogP contribution in [0, 0.1) is 5.82 Å². The number of nitrogens with two attached hydrogens (primary N) is 1. The van der Waals surface area contributed by atoms with E-state index < -0.39 is 17.1 Å². The van der Waals surface area contributed by atoms with Gasteiger partial charge in [-0.25, -0.2) is 14.3 Å². The highest BCUT2D eigenvalue weighted by molar-refractivity contribution is 5.72.